The van der Waals surface area contributed by atoms with Gasteiger partial charge in [0.2, 0.25) is 5.13 Å². The van der Waals surface area contributed by atoms with E-state index in [9.17, 15) is 4.79 Å². The highest BCUT2D eigenvalue weighted by Gasteiger charge is 2.10. The number of nitrogens with zero attached hydrogens (tertiary/aromatic N) is 4. The van der Waals surface area contributed by atoms with Crippen LogP contribution in [0.5, 0.6) is 0 Å². The first-order valence-corrected chi connectivity index (χ1v) is 4.72. The van der Waals surface area contributed by atoms with E-state index in [2.05, 4.69) is 10.1 Å². The van der Waals surface area contributed by atoms with Crippen molar-refractivity contribution in [2.24, 2.45) is 0 Å². The van der Waals surface area contributed by atoms with Crippen LogP contribution in [0.2, 0.25) is 0 Å². The zero-order valence-corrected chi connectivity index (χ0v) is 8.10. The van der Waals surface area contributed by atoms with Crippen LogP contribution in [0.1, 0.15) is 16.1 Å². The van der Waals surface area contributed by atoms with Gasteiger partial charge in [-0.1, -0.05) is 0 Å². The number of hydrogen-bond donors (Lipinski definition) is 1. The molecule has 15 heavy (non-hydrogen) atoms. The van der Waals surface area contributed by atoms with Crippen LogP contribution in [0.15, 0.2) is 17.8 Å². The van der Waals surface area contributed by atoms with Crippen molar-refractivity contribution in [2.75, 3.05) is 0 Å². The van der Waals surface area contributed by atoms with E-state index >= 15 is 0 Å². The van der Waals surface area contributed by atoms with Gasteiger partial charge in [-0.2, -0.15) is 10.4 Å². The van der Waals surface area contributed by atoms with Gasteiger partial charge in [0.05, 0.1) is 18.0 Å². The average molecular weight is 220 g/mol. The molecular formula is C8H4N4O2S. The molecule has 0 saturated heterocycles. The Labute approximate surface area is 88.0 Å². The lowest BCUT2D eigenvalue weighted by atomic mass is 10.4. The van der Waals surface area contributed by atoms with E-state index in [1.165, 1.54) is 22.5 Å². The van der Waals surface area contributed by atoms with Gasteiger partial charge in [-0.05, 0) is 0 Å². The zero-order chi connectivity index (χ0) is 10.8. The largest absolute Gasteiger partial charge is 0.476 e. The Hall–Kier alpha value is -2.20. The van der Waals surface area contributed by atoms with Gasteiger partial charge in [-0.3, -0.25) is 0 Å². The van der Waals surface area contributed by atoms with Crippen LogP contribution in [0.25, 0.3) is 5.13 Å². The Morgan fingerprint density at radius 2 is 2.47 bits per heavy atom. The standard InChI is InChI=1S/C8H4N4O2S/c9-1-5-2-10-12(3-5)8-11-6(4-15-8)7(13)14/h2-4H,(H,13,14). The molecule has 0 amide bonds. The minimum atomic E-state index is -1.08. The molecule has 0 atom stereocenters. The summed E-state index contributed by atoms with van der Waals surface area (Å²) >= 11 is 1.15. The van der Waals surface area contributed by atoms with Gasteiger partial charge < -0.3 is 5.11 Å². The lowest BCUT2D eigenvalue weighted by Gasteiger charge is -1.91. The van der Waals surface area contributed by atoms with Crippen molar-refractivity contribution in [1.82, 2.24) is 14.8 Å². The summed E-state index contributed by atoms with van der Waals surface area (Å²) in [5, 5.41) is 23.0. The quantitative estimate of drug-likeness (QED) is 0.811. The maximum Gasteiger partial charge on any atom is 0.355 e. The first kappa shape index (κ1) is 9.36. The molecule has 0 aliphatic rings. The third-order valence-corrected chi connectivity index (χ3v) is 2.45. The number of aromatic nitrogens is 3. The fourth-order valence-electron chi connectivity index (χ4n) is 0.953. The second-order valence-corrected chi connectivity index (χ2v) is 3.44. The zero-order valence-electron chi connectivity index (χ0n) is 7.28. The molecule has 6 nitrogen and oxygen atoms in total. The van der Waals surface area contributed by atoms with Crippen molar-refractivity contribution < 1.29 is 9.90 Å². The van der Waals surface area contributed by atoms with E-state index in [0.29, 0.717) is 10.7 Å². The molecule has 0 aliphatic carbocycles. The van der Waals surface area contributed by atoms with Crippen LogP contribution in [-0.2, 0) is 0 Å². The van der Waals surface area contributed by atoms with Gasteiger partial charge in [0.25, 0.3) is 0 Å². The van der Waals surface area contributed by atoms with Crippen LogP contribution < -0.4 is 0 Å². The van der Waals surface area contributed by atoms with E-state index in [1.807, 2.05) is 6.07 Å². The summed E-state index contributed by atoms with van der Waals surface area (Å²) in [6, 6.07) is 1.92. The number of thiazole rings is 1. The monoisotopic (exact) mass is 220 g/mol. The molecular weight excluding hydrogens is 216 g/mol. The molecule has 0 aromatic carbocycles. The molecule has 0 fully saturated rings. The van der Waals surface area contributed by atoms with Gasteiger partial charge in [0.1, 0.15) is 6.07 Å². The Bertz CT molecular complexity index is 551. The molecule has 0 bridgehead atoms. The van der Waals surface area contributed by atoms with Gasteiger partial charge in [-0.25, -0.2) is 14.5 Å². The molecule has 0 spiro atoms. The number of carboxylic acid groups (broad SMARTS) is 1. The molecule has 74 valence electrons. The summed E-state index contributed by atoms with van der Waals surface area (Å²) < 4.78 is 1.37. The smallest absolute Gasteiger partial charge is 0.355 e. The molecule has 0 radical (unpaired) electrons. The average Bonchev–Trinajstić information content (AvgIpc) is 2.86. The van der Waals surface area contributed by atoms with Crippen molar-refractivity contribution in [2.45, 2.75) is 0 Å². The first-order chi connectivity index (χ1) is 7.20. The predicted molar refractivity (Wildman–Crippen MR) is 50.9 cm³/mol. The van der Waals surface area contributed by atoms with E-state index in [-0.39, 0.29) is 5.69 Å². The lowest BCUT2D eigenvalue weighted by Crippen LogP contribution is -1.98. The van der Waals surface area contributed by atoms with Crippen LogP contribution in [0.3, 0.4) is 0 Å². The molecule has 2 heterocycles. The number of hydrogen-bond acceptors (Lipinski definition) is 5. The summed E-state index contributed by atoms with van der Waals surface area (Å²) in [5.41, 5.74) is 0.381. The predicted octanol–water partition coefficient (Wildman–Crippen LogP) is 0.899. The molecule has 0 aliphatic heterocycles. The van der Waals surface area contributed by atoms with Gasteiger partial charge in [0, 0.05) is 5.38 Å². The molecule has 2 rings (SSSR count). The Kier molecular flexibility index (Phi) is 2.19. The normalized spacial score (nSPS) is 9.80. The van der Waals surface area contributed by atoms with Crippen molar-refractivity contribution in [3.8, 4) is 11.2 Å². The topological polar surface area (TPSA) is 91.8 Å². The van der Waals surface area contributed by atoms with Gasteiger partial charge in [-0.15, -0.1) is 11.3 Å². The maximum atomic E-state index is 10.6. The van der Waals surface area contributed by atoms with Gasteiger partial charge in [0.15, 0.2) is 5.69 Å². The van der Waals surface area contributed by atoms with E-state index in [1.54, 1.807) is 0 Å². The number of nitriles is 1. The highest BCUT2D eigenvalue weighted by atomic mass is 32.1. The minimum absolute atomic E-state index is 0.0241. The first-order valence-electron chi connectivity index (χ1n) is 3.84. The van der Waals surface area contributed by atoms with Crippen molar-refractivity contribution >= 4 is 17.3 Å². The fourth-order valence-corrected chi connectivity index (χ4v) is 1.68. The van der Waals surface area contributed by atoms with E-state index in [0.717, 1.165) is 11.3 Å². The van der Waals surface area contributed by atoms with Crippen LogP contribution in [-0.4, -0.2) is 25.8 Å². The summed E-state index contributed by atoms with van der Waals surface area (Å²) in [4.78, 5) is 14.4. The third kappa shape index (κ3) is 1.70. The highest BCUT2D eigenvalue weighted by molar-refractivity contribution is 7.12. The minimum Gasteiger partial charge on any atom is -0.476 e. The van der Waals surface area contributed by atoms with E-state index in [4.69, 9.17) is 10.4 Å². The maximum absolute atomic E-state index is 10.6. The second kappa shape index (κ2) is 3.51. The number of aromatic carboxylic acids is 1. The highest BCUT2D eigenvalue weighted by Crippen LogP contribution is 2.14. The third-order valence-electron chi connectivity index (χ3n) is 1.62. The molecule has 2 aromatic heterocycles. The van der Waals surface area contributed by atoms with E-state index < -0.39 is 5.97 Å². The van der Waals surface area contributed by atoms with Crippen LogP contribution >= 0.6 is 11.3 Å². The molecule has 7 heteroatoms. The molecule has 2 aromatic rings. The summed E-state index contributed by atoms with van der Waals surface area (Å²) in [6.45, 7) is 0. The fraction of sp³-hybridized carbons (Fsp3) is 0. The second-order valence-electron chi connectivity index (χ2n) is 2.61. The SMILES string of the molecule is N#Cc1cnn(-c2nc(C(=O)O)cs2)c1. The Morgan fingerprint density at radius 3 is 3.00 bits per heavy atom. The molecule has 1 N–H and O–H groups in total. The lowest BCUT2D eigenvalue weighted by molar-refractivity contribution is 0.0691. The van der Waals surface area contributed by atoms with Gasteiger partial charge >= 0.3 is 5.97 Å². The number of carboxylic acids is 1. The molecule has 0 saturated carbocycles. The number of carbonyl (C=O) groups is 1. The Balaban J connectivity index is 2.38. The van der Waals surface area contributed by atoms with Crippen molar-refractivity contribution in [1.29, 1.82) is 5.26 Å². The summed E-state index contributed by atoms with van der Waals surface area (Å²) in [5.74, 6) is -1.08. The Morgan fingerprint density at radius 1 is 1.67 bits per heavy atom. The van der Waals surface area contributed by atoms with Crippen molar-refractivity contribution in [3.63, 3.8) is 0 Å². The number of rotatable bonds is 2. The summed E-state index contributed by atoms with van der Waals surface area (Å²) in [6.07, 6.45) is 2.88. The van der Waals surface area contributed by atoms with Crippen molar-refractivity contribution in [3.05, 3.63) is 29.0 Å². The molecule has 0 unspecified atom stereocenters. The van der Waals surface area contributed by atoms with Crippen LogP contribution in [0, 0.1) is 11.3 Å². The van der Waals surface area contributed by atoms with Crippen LogP contribution in [0.4, 0.5) is 0 Å². The summed E-state index contributed by atoms with van der Waals surface area (Å²) in [7, 11) is 0.